The third kappa shape index (κ3) is 2.52. The fourth-order valence-electron chi connectivity index (χ4n) is 2.35. The first-order valence-corrected chi connectivity index (χ1v) is 10.1. The molecule has 1 aliphatic heterocycles. The largest absolute Gasteiger partial charge is 0.300 e. The van der Waals surface area contributed by atoms with Gasteiger partial charge in [-0.05, 0) is 33.0 Å². The van der Waals surface area contributed by atoms with E-state index >= 15 is 0 Å². The highest BCUT2D eigenvalue weighted by Crippen LogP contribution is 2.44. The molecular weight excluding hydrogens is 320 g/mol. The molecule has 20 heavy (non-hydrogen) atoms. The molecule has 1 aliphatic rings. The number of thiophene rings is 1. The highest BCUT2D eigenvalue weighted by Gasteiger charge is 2.40. The smallest absolute Gasteiger partial charge is 0.247 e. The third-order valence-electron chi connectivity index (χ3n) is 3.72. The summed E-state index contributed by atoms with van der Waals surface area (Å²) < 4.78 is 47.7. The number of hydrogen-bond acceptors (Lipinski definition) is 6. The Morgan fingerprint density at radius 3 is 2.60 bits per heavy atom. The van der Waals surface area contributed by atoms with Crippen molar-refractivity contribution in [3.8, 4) is 0 Å². The van der Waals surface area contributed by atoms with E-state index in [-0.39, 0.29) is 14.5 Å². The van der Waals surface area contributed by atoms with Gasteiger partial charge >= 0.3 is 0 Å². The molecule has 0 saturated carbocycles. The van der Waals surface area contributed by atoms with Gasteiger partial charge in [0.2, 0.25) is 10.0 Å². The first kappa shape index (κ1) is 15.9. The molecule has 0 bridgehead atoms. The van der Waals surface area contributed by atoms with Crippen LogP contribution in [0.1, 0.15) is 31.9 Å². The molecule has 0 unspecified atom stereocenters. The van der Waals surface area contributed by atoms with E-state index in [2.05, 4.69) is 0 Å². The maximum atomic E-state index is 12.4. The van der Waals surface area contributed by atoms with Crippen LogP contribution in [-0.4, -0.2) is 40.6 Å². The summed E-state index contributed by atoms with van der Waals surface area (Å²) in [6.45, 7) is 4.38. The van der Waals surface area contributed by atoms with E-state index < -0.39 is 25.1 Å². The van der Waals surface area contributed by atoms with Gasteiger partial charge in [0.25, 0.3) is 0 Å². The Bertz CT molecular complexity index is 721. The number of nitrogens with zero attached hydrogens (tertiary/aromatic N) is 1. The van der Waals surface area contributed by atoms with Gasteiger partial charge in [0, 0.05) is 11.6 Å². The molecule has 0 fully saturated rings. The van der Waals surface area contributed by atoms with Crippen molar-refractivity contribution in [3.63, 3.8) is 0 Å². The Kier molecular flexibility index (Phi) is 4.02. The van der Waals surface area contributed by atoms with Crippen LogP contribution in [-0.2, 0) is 19.9 Å². The molecule has 1 aromatic rings. The van der Waals surface area contributed by atoms with Gasteiger partial charge in [-0.2, -0.15) is 0 Å². The maximum Gasteiger partial charge on any atom is 0.247 e. The van der Waals surface area contributed by atoms with Crippen molar-refractivity contribution in [2.24, 2.45) is 5.14 Å². The Morgan fingerprint density at radius 2 is 2.10 bits per heavy atom. The van der Waals surface area contributed by atoms with Gasteiger partial charge in [0.05, 0.1) is 5.25 Å². The summed E-state index contributed by atoms with van der Waals surface area (Å²) in [4.78, 5) is 2.02. The summed E-state index contributed by atoms with van der Waals surface area (Å²) in [7, 11) is -5.45. The Morgan fingerprint density at radius 1 is 1.50 bits per heavy atom. The first-order valence-electron chi connectivity index (χ1n) is 6.19. The van der Waals surface area contributed by atoms with Gasteiger partial charge < -0.3 is 0 Å². The average Bonchev–Trinajstić information content (AvgIpc) is 2.79. The maximum absolute atomic E-state index is 12.4. The van der Waals surface area contributed by atoms with Gasteiger partial charge in [0.15, 0.2) is 9.84 Å². The molecule has 0 aliphatic carbocycles. The summed E-state index contributed by atoms with van der Waals surface area (Å²) in [5.74, 6) is 0. The number of nitrogens with two attached hydrogens (primary N) is 1. The number of fused-ring (bicyclic) bond motifs is 1. The van der Waals surface area contributed by atoms with E-state index in [0.29, 0.717) is 12.0 Å². The lowest BCUT2D eigenvalue weighted by Gasteiger charge is -2.33. The Balaban J connectivity index is 2.68. The van der Waals surface area contributed by atoms with Crippen LogP contribution in [0.4, 0.5) is 0 Å². The van der Waals surface area contributed by atoms with Gasteiger partial charge in [0.1, 0.15) is 8.42 Å². The quantitative estimate of drug-likeness (QED) is 0.885. The molecule has 1 aromatic heterocycles. The van der Waals surface area contributed by atoms with Gasteiger partial charge in [-0.3, -0.25) is 4.90 Å². The molecule has 0 spiro atoms. The zero-order valence-corrected chi connectivity index (χ0v) is 14.0. The van der Waals surface area contributed by atoms with E-state index in [0.717, 1.165) is 17.9 Å². The molecular formula is C11H18N2O4S3. The van der Waals surface area contributed by atoms with Crippen LogP contribution in [0.3, 0.4) is 0 Å². The fourth-order valence-corrected chi connectivity index (χ4v) is 6.75. The summed E-state index contributed by atoms with van der Waals surface area (Å²) >= 11 is 0.757. The van der Waals surface area contributed by atoms with Crippen LogP contribution < -0.4 is 5.14 Å². The van der Waals surface area contributed by atoms with E-state index in [1.165, 1.54) is 6.07 Å². The molecule has 0 aromatic carbocycles. The second-order valence-electron chi connectivity index (χ2n) is 5.03. The van der Waals surface area contributed by atoms with Crippen LogP contribution in [0.15, 0.2) is 14.5 Å². The zero-order valence-electron chi connectivity index (χ0n) is 11.5. The van der Waals surface area contributed by atoms with Crippen molar-refractivity contribution in [1.82, 2.24) is 4.90 Å². The molecule has 114 valence electrons. The lowest BCUT2D eigenvalue weighted by molar-refractivity contribution is 0.238. The molecule has 6 nitrogen and oxygen atoms in total. The van der Waals surface area contributed by atoms with Crippen molar-refractivity contribution in [3.05, 3.63) is 11.6 Å². The lowest BCUT2D eigenvalue weighted by atomic mass is 10.0. The summed E-state index contributed by atoms with van der Waals surface area (Å²) in [5.41, 5.74) is 0.557. The Labute approximate surface area is 123 Å². The van der Waals surface area contributed by atoms with Crippen LogP contribution >= 0.6 is 11.3 Å². The number of hydrogen-bond donors (Lipinski definition) is 1. The number of primary sulfonamides is 1. The lowest BCUT2D eigenvalue weighted by Crippen LogP contribution is -2.34. The summed E-state index contributed by atoms with van der Waals surface area (Å²) in [5, 5.41) is 4.59. The standard InChI is InChI=1S/C11H18N2O4S3/c1-4-13(3)9-5-7(2)19(14,15)11-8(9)6-10(18-11)20(12,16)17/h6-7,9H,4-5H2,1-3H3,(H2,12,16,17)/t7-,9-/m0/s1. The molecule has 0 radical (unpaired) electrons. The van der Waals surface area contributed by atoms with Crippen molar-refractivity contribution < 1.29 is 16.8 Å². The third-order valence-corrected chi connectivity index (χ3v) is 9.03. The van der Waals surface area contributed by atoms with Crippen molar-refractivity contribution >= 4 is 31.2 Å². The molecule has 2 atom stereocenters. The van der Waals surface area contributed by atoms with Crippen LogP contribution in [0, 0.1) is 0 Å². The van der Waals surface area contributed by atoms with Gasteiger partial charge in [-0.25, -0.2) is 22.0 Å². The zero-order chi connectivity index (χ0) is 15.3. The van der Waals surface area contributed by atoms with Gasteiger partial charge in [-0.15, -0.1) is 11.3 Å². The number of sulfonamides is 1. The molecule has 2 heterocycles. The van der Waals surface area contributed by atoms with Crippen LogP contribution in [0.25, 0.3) is 0 Å². The predicted octanol–water partition coefficient (Wildman–Crippen LogP) is 0.954. The minimum Gasteiger partial charge on any atom is -0.300 e. The van der Waals surface area contributed by atoms with Crippen LogP contribution in [0.2, 0.25) is 0 Å². The molecule has 2 N–H and O–H groups in total. The topological polar surface area (TPSA) is 97.5 Å². The van der Waals surface area contributed by atoms with Gasteiger partial charge in [-0.1, -0.05) is 6.92 Å². The molecule has 9 heteroatoms. The number of rotatable bonds is 3. The van der Waals surface area contributed by atoms with Crippen molar-refractivity contribution in [2.45, 2.75) is 40.0 Å². The SMILES string of the molecule is CCN(C)[C@H]1C[C@H](C)S(=O)(=O)c2sc(S(N)(=O)=O)cc21. The second-order valence-corrected chi connectivity index (χ2v) is 10.4. The minimum absolute atomic E-state index is 0.0883. The molecule has 0 amide bonds. The number of sulfone groups is 1. The highest BCUT2D eigenvalue weighted by molar-refractivity contribution is 7.95. The van der Waals surface area contributed by atoms with Crippen molar-refractivity contribution in [1.29, 1.82) is 0 Å². The van der Waals surface area contributed by atoms with E-state index in [1.54, 1.807) is 6.92 Å². The van der Waals surface area contributed by atoms with Crippen molar-refractivity contribution in [2.75, 3.05) is 13.6 Å². The summed E-state index contributed by atoms with van der Waals surface area (Å²) in [6.07, 6.45) is 0.459. The normalized spacial score (nSPS) is 25.6. The van der Waals surface area contributed by atoms with Crippen LogP contribution in [0.5, 0.6) is 0 Å². The monoisotopic (exact) mass is 338 g/mol. The van der Waals surface area contributed by atoms with E-state index in [4.69, 9.17) is 5.14 Å². The first-order chi connectivity index (χ1) is 9.09. The minimum atomic E-state index is -3.88. The molecule has 0 saturated heterocycles. The highest BCUT2D eigenvalue weighted by atomic mass is 32.3. The average molecular weight is 338 g/mol. The van der Waals surface area contributed by atoms with E-state index in [1.807, 2.05) is 18.9 Å². The molecule has 2 rings (SSSR count). The fraction of sp³-hybridized carbons (Fsp3) is 0.636. The predicted molar refractivity (Wildman–Crippen MR) is 78.0 cm³/mol. The Hall–Kier alpha value is -0.480. The van der Waals surface area contributed by atoms with E-state index in [9.17, 15) is 16.8 Å². The summed E-state index contributed by atoms with van der Waals surface area (Å²) in [6, 6.07) is 1.32. The second kappa shape index (κ2) is 5.06.